The van der Waals surface area contributed by atoms with E-state index in [0.717, 1.165) is 6.26 Å². The summed E-state index contributed by atoms with van der Waals surface area (Å²) in [4.78, 5) is 12.0. The van der Waals surface area contributed by atoms with Gasteiger partial charge in [0.2, 0.25) is 15.9 Å². The molecule has 1 N–H and O–H groups in total. The summed E-state index contributed by atoms with van der Waals surface area (Å²) in [6, 6.07) is 8.06. The predicted molar refractivity (Wildman–Crippen MR) is 93.7 cm³/mol. The van der Waals surface area contributed by atoms with Crippen molar-refractivity contribution in [3.8, 4) is 0 Å². The monoisotopic (exact) mass is 390 g/mol. The number of nitrogens with zero attached hydrogens (tertiary/aromatic N) is 1. The Morgan fingerprint density at radius 3 is 2.58 bits per heavy atom. The maximum Gasteiger partial charge on any atom is 0.225 e. The number of nitrogens with one attached hydrogen (secondary N) is 1. The molecule has 0 saturated carbocycles. The molecule has 1 aromatic heterocycles. The van der Waals surface area contributed by atoms with Crippen molar-refractivity contribution in [2.75, 3.05) is 18.1 Å². The van der Waals surface area contributed by atoms with Crippen LogP contribution in [0.25, 0.3) is 0 Å². The summed E-state index contributed by atoms with van der Waals surface area (Å²) in [6.45, 7) is 0.110. The van der Waals surface area contributed by atoms with E-state index in [1.165, 1.54) is 16.6 Å². The number of halogens is 2. The Morgan fingerprint density at radius 2 is 2.00 bits per heavy atom. The van der Waals surface area contributed by atoms with Gasteiger partial charge in [-0.15, -0.1) is 0 Å². The summed E-state index contributed by atoms with van der Waals surface area (Å²) in [5.74, 6) is 0.173. The van der Waals surface area contributed by atoms with E-state index in [0.29, 0.717) is 21.5 Å². The number of sulfonamides is 1. The molecule has 0 radical (unpaired) electrons. The zero-order chi connectivity index (χ0) is 17.7. The first-order chi connectivity index (χ1) is 11.3. The van der Waals surface area contributed by atoms with Crippen molar-refractivity contribution in [3.05, 3.63) is 52.4 Å². The van der Waals surface area contributed by atoms with Gasteiger partial charge >= 0.3 is 0 Å². The Kier molecular flexibility index (Phi) is 6.28. The van der Waals surface area contributed by atoms with Crippen LogP contribution in [-0.4, -0.2) is 31.4 Å². The molecule has 0 atom stereocenters. The van der Waals surface area contributed by atoms with Gasteiger partial charge in [0, 0.05) is 18.7 Å². The molecule has 0 aliphatic heterocycles. The lowest BCUT2D eigenvalue weighted by Gasteiger charge is -2.18. The lowest BCUT2D eigenvalue weighted by molar-refractivity contribution is -0.116. The zero-order valence-electron chi connectivity index (χ0n) is 12.8. The summed E-state index contributed by atoms with van der Waals surface area (Å²) in [5, 5.41) is 3.36. The molecule has 0 spiro atoms. The first-order valence-electron chi connectivity index (χ1n) is 6.98. The standard InChI is InChI=1S/C15H16Cl2N2O4S/c1-24(21,22)19(10-12-3-2-8-23-12)7-6-15(20)18-11-4-5-13(16)14(17)9-11/h2-5,8-9H,6-7,10H2,1H3,(H,18,20). The van der Waals surface area contributed by atoms with E-state index >= 15 is 0 Å². The number of benzene rings is 1. The summed E-state index contributed by atoms with van der Waals surface area (Å²) in [5.41, 5.74) is 0.492. The Morgan fingerprint density at radius 1 is 1.25 bits per heavy atom. The molecule has 0 unspecified atom stereocenters. The van der Waals surface area contributed by atoms with Crippen LogP contribution in [0.4, 0.5) is 5.69 Å². The van der Waals surface area contributed by atoms with Gasteiger partial charge in [-0.05, 0) is 30.3 Å². The molecule has 0 saturated heterocycles. The van der Waals surface area contributed by atoms with Gasteiger partial charge in [-0.3, -0.25) is 4.79 Å². The second-order valence-corrected chi connectivity index (χ2v) is 7.90. The molecule has 1 amide bonds. The van der Waals surface area contributed by atoms with Crippen molar-refractivity contribution in [3.63, 3.8) is 0 Å². The van der Waals surface area contributed by atoms with Crippen molar-refractivity contribution in [1.29, 1.82) is 0 Å². The van der Waals surface area contributed by atoms with E-state index in [-0.39, 0.29) is 25.4 Å². The highest BCUT2D eigenvalue weighted by Crippen LogP contribution is 2.25. The summed E-state index contributed by atoms with van der Waals surface area (Å²) in [6.07, 6.45) is 2.55. The summed E-state index contributed by atoms with van der Waals surface area (Å²) in [7, 11) is -3.47. The lowest BCUT2D eigenvalue weighted by Crippen LogP contribution is -2.32. The van der Waals surface area contributed by atoms with Crippen LogP contribution >= 0.6 is 23.2 Å². The number of furan rings is 1. The van der Waals surface area contributed by atoms with Gasteiger partial charge in [0.15, 0.2) is 0 Å². The van der Waals surface area contributed by atoms with E-state index in [1.807, 2.05) is 0 Å². The van der Waals surface area contributed by atoms with Crippen LogP contribution in [0.3, 0.4) is 0 Å². The molecule has 130 valence electrons. The third-order valence-corrected chi connectivity index (χ3v) is 5.16. The smallest absolute Gasteiger partial charge is 0.225 e. The first-order valence-corrected chi connectivity index (χ1v) is 9.58. The number of hydrogen-bond acceptors (Lipinski definition) is 4. The molecule has 1 aromatic carbocycles. The topological polar surface area (TPSA) is 79.6 Å². The average Bonchev–Trinajstić information content (AvgIpc) is 2.99. The van der Waals surface area contributed by atoms with Crippen molar-refractivity contribution >= 4 is 44.8 Å². The quantitative estimate of drug-likeness (QED) is 0.785. The predicted octanol–water partition coefficient (Wildman–Crippen LogP) is 3.38. The maximum absolute atomic E-state index is 12.0. The van der Waals surface area contributed by atoms with E-state index in [4.69, 9.17) is 27.6 Å². The Bertz CT molecular complexity index is 807. The molecule has 0 bridgehead atoms. The van der Waals surface area contributed by atoms with Gasteiger partial charge < -0.3 is 9.73 Å². The summed E-state index contributed by atoms with van der Waals surface area (Å²) < 4.78 is 30.0. The van der Waals surface area contributed by atoms with Crippen molar-refractivity contribution in [2.45, 2.75) is 13.0 Å². The summed E-state index contributed by atoms with van der Waals surface area (Å²) >= 11 is 11.7. The number of carbonyl (C=O) groups excluding carboxylic acids is 1. The average molecular weight is 391 g/mol. The third-order valence-electron chi connectivity index (χ3n) is 3.17. The Hall–Kier alpha value is -1.54. The van der Waals surface area contributed by atoms with Crippen LogP contribution in [0, 0.1) is 0 Å². The molecule has 0 aliphatic carbocycles. The van der Waals surface area contributed by atoms with Crippen LogP contribution in [0.5, 0.6) is 0 Å². The lowest BCUT2D eigenvalue weighted by atomic mass is 10.3. The van der Waals surface area contributed by atoms with Crippen molar-refractivity contribution in [2.24, 2.45) is 0 Å². The van der Waals surface area contributed by atoms with Crippen molar-refractivity contribution in [1.82, 2.24) is 4.31 Å². The largest absolute Gasteiger partial charge is 0.468 e. The highest BCUT2D eigenvalue weighted by atomic mass is 35.5. The molecule has 0 aliphatic rings. The second-order valence-electron chi connectivity index (χ2n) is 5.10. The van der Waals surface area contributed by atoms with Gasteiger partial charge in [0.05, 0.1) is 29.1 Å². The fourth-order valence-electron chi connectivity index (χ4n) is 1.96. The van der Waals surface area contributed by atoms with Crippen LogP contribution in [-0.2, 0) is 21.4 Å². The fraction of sp³-hybridized carbons (Fsp3) is 0.267. The fourth-order valence-corrected chi connectivity index (χ4v) is 3.04. The number of carbonyl (C=O) groups is 1. The molecule has 0 fully saturated rings. The minimum atomic E-state index is -3.47. The van der Waals surface area contributed by atoms with Gasteiger partial charge in [-0.1, -0.05) is 23.2 Å². The first kappa shape index (κ1) is 18.8. The Labute approximate surface area is 150 Å². The molecule has 2 rings (SSSR count). The number of hydrogen-bond donors (Lipinski definition) is 1. The van der Waals surface area contributed by atoms with Crippen LogP contribution in [0.15, 0.2) is 41.0 Å². The van der Waals surface area contributed by atoms with E-state index in [9.17, 15) is 13.2 Å². The van der Waals surface area contributed by atoms with E-state index in [2.05, 4.69) is 5.32 Å². The molecular formula is C15H16Cl2N2O4S. The normalized spacial score (nSPS) is 11.7. The van der Waals surface area contributed by atoms with Gasteiger partial charge in [0.25, 0.3) is 0 Å². The zero-order valence-corrected chi connectivity index (χ0v) is 15.2. The highest BCUT2D eigenvalue weighted by molar-refractivity contribution is 7.88. The van der Waals surface area contributed by atoms with E-state index in [1.54, 1.807) is 24.3 Å². The molecule has 1 heterocycles. The molecule has 6 nitrogen and oxygen atoms in total. The number of amides is 1. The number of anilines is 1. The van der Waals surface area contributed by atoms with Crippen LogP contribution in [0.2, 0.25) is 10.0 Å². The Balaban J connectivity index is 1.95. The van der Waals surface area contributed by atoms with Gasteiger partial charge in [-0.2, -0.15) is 4.31 Å². The number of rotatable bonds is 7. The maximum atomic E-state index is 12.0. The van der Waals surface area contributed by atoms with Crippen molar-refractivity contribution < 1.29 is 17.6 Å². The van der Waals surface area contributed by atoms with Crippen LogP contribution in [0.1, 0.15) is 12.2 Å². The van der Waals surface area contributed by atoms with Gasteiger partial charge in [-0.25, -0.2) is 8.42 Å². The molecule has 9 heteroatoms. The molecular weight excluding hydrogens is 375 g/mol. The van der Waals surface area contributed by atoms with Gasteiger partial charge in [0.1, 0.15) is 5.76 Å². The minimum absolute atomic E-state index is 0.00593. The van der Waals surface area contributed by atoms with E-state index < -0.39 is 10.0 Å². The molecule has 24 heavy (non-hydrogen) atoms. The molecule has 2 aromatic rings. The third kappa shape index (κ3) is 5.52. The highest BCUT2D eigenvalue weighted by Gasteiger charge is 2.19. The SMILES string of the molecule is CS(=O)(=O)N(CCC(=O)Nc1ccc(Cl)c(Cl)c1)Cc1ccco1. The second kappa shape index (κ2) is 8.02. The minimum Gasteiger partial charge on any atom is -0.468 e. The van der Waals surface area contributed by atoms with Crippen LogP contribution < -0.4 is 5.32 Å².